The molecule has 0 bridgehead atoms. The lowest BCUT2D eigenvalue weighted by Crippen LogP contribution is -2.06. The highest BCUT2D eigenvalue weighted by Crippen LogP contribution is 2.23. The second-order valence-electron chi connectivity index (χ2n) is 3.92. The van der Waals surface area contributed by atoms with Crippen molar-refractivity contribution in [2.24, 2.45) is 0 Å². The summed E-state index contributed by atoms with van der Waals surface area (Å²) in [6.45, 7) is 4.77. The smallest absolute Gasteiger partial charge is 0.0700 e. The van der Waals surface area contributed by atoms with Crippen molar-refractivity contribution in [3.05, 3.63) is 40.2 Å². The van der Waals surface area contributed by atoms with Gasteiger partial charge in [-0.25, -0.2) is 0 Å². The molecule has 0 heterocycles. The molecule has 0 spiro atoms. The number of halogens is 2. The first kappa shape index (κ1) is 15.8. The van der Waals surface area contributed by atoms with Crippen LogP contribution in [0, 0.1) is 6.42 Å². The zero-order chi connectivity index (χ0) is 13.2. The summed E-state index contributed by atoms with van der Waals surface area (Å²) < 4.78 is 10.8. The van der Waals surface area contributed by atoms with Crippen LogP contribution in [-0.4, -0.2) is 26.4 Å². The predicted molar refractivity (Wildman–Crippen MR) is 76.4 cm³/mol. The van der Waals surface area contributed by atoms with Crippen LogP contribution in [0.2, 0.25) is 10.0 Å². The Hall–Kier alpha value is -0.280. The fourth-order valence-corrected chi connectivity index (χ4v) is 1.65. The van der Waals surface area contributed by atoms with Crippen molar-refractivity contribution < 1.29 is 9.47 Å². The van der Waals surface area contributed by atoms with Gasteiger partial charge < -0.3 is 9.47 Å². The van der Waals surface area contributed by atoms with E-state index in [1.807, 2.05) is 18.6 Å². The molecule has 0 saturated heterocycles. The molecule has 0 unspecified atom stereocenters. The fraction of sp³-hybridized carbons (Fsp3) is 0.500. The van der Waals surface area contributed by atoms with Gasteiger partial charge in [0.2, 0.25) is 0 Å². The van der Waals surface area contributed by atoms with Crippen molar-refractivity contribution in [1.29, 1.82) is 0 Å². The number of benzene rings is 1. The standard InChI is InChI=1S/C14H19Cl2O2/c1-2-3-7-17-9-10-18-8-6-12-4-5-13(15)14(16)11-12/h4-6,11H,2-3,7-10H2,1H3. The number of ether oxygens (including phenoxy) is 2. The van der Waals surface area contributed by atoms with E-state index < -0.39 is 0 Å². The number of unbranched alkanes of at least 4 members (excludes halogenated alkanes) is 1. The third kappa shape index (κ3) is 6.60. The van der Waals surface area contributed by atoms with Gasteiger partial charge in [0.1, 0.15) is 0 Å². The van der Waals surface area contributed by atoms with Crippen LogP contribution in [0.3, 0.4) is 0 Å². The topological polar surface area (TPSA) is 18.5 Å². The molecule has 0 aliphatic heterocycles. The Bertz CT molecular complexity index is 343. The molecule has 1 aromatic rings. The van der Waals surface area contributed by atoms with E-state index in [2.05, 4.69) is 6.92 Å². The van der Waals surface area contributed by atoms with E-state index in [4.69, 9.17) is 32.7 Å². The third-order valence-corrected chi connectivity index (χ3v) is 3.13. The van der Waals surface area contributed by atoms with Crippen molar-refractivity contribution in [2.45, 2.75) is 19.8 Å². The first-order valence-corrected chi connectivity index (χ1v) is 6.93. The second-order valence-corrected chi connectivity index (χ2v) is 4.73. The maximum absolute atomic E-state index is 5.91. The van der Waals surface area contributed by atoms with Crippen molar-refractivity contribution in [2.75, 3.05) is 26.4 Å². The highest BCUT2D eigenvalue weighted by Gasteiger charge is 2.00. The average Bonchev–Trinajstić information content (AvgIpc) is 2.37. The first-order chi connectivity index (χ1) is 8.74. The summed E-state index contributed by atoms with van der Waals surface area (Å²) in [6, 6.07) is 5.52. The lowest BCUT2D eigenvalue weighted by Gasteiger charge is -2.06. The summed E-state index contributed by atoms with van der Waals surface area (Å²) in [5.74, 6) is 0. The minimum absolute atomic E-state index is 0.551. The maximum Gasteiger partial charge on any atom is 0.0700 e. The minimum atomic E-state index is 0.551. The molecule has 1 radical (unpaired) electrons. The lowest BCUT2D eigenvalue weighted by molar-refractivity contribution is 0.0549. The van der Waals surface area contributed by atoms with E-state index in [0.717, 1.165) is 25.0 Å². The van der Waals surface area contributed by atoms with E-state index in [-0.39, 0.29) is 0 Å². The van der Waals surface area contributed by atoms with Crippen LogP contribution in [-0.2, 0) is 9.47 Å². The molecule has 0 aliphatic carbocycles. The van der Waals surface area contributed by atoms with Crippen molar-refractivity contribution in [1.82, 2.24) is 0 Å². The SMILES string of the molecule is CCCCOCCOC[CH]c1ccc(Cl)c(Cl)c1. The number of rotatable bonds is 9. The summed E-state index contributed by atoms with van der Waals surface area (Å²) in [5.41, 5.74) is 1.01. The largest absolute Gasteiger partial charge is 0.379 e. The summed E-state index contributed by atoms with van der Waals surface area (Å²) in [4.78, 5) is 0. The molecule has 1 aromatic carbocycles. The van der Waals surface area contributed by atoms with Gasteiger partial charge in [-0.2, -0.15) is 0 Å². The zero-order valence-corrected chi connectivity index (χ0v) is 12.1. The van der Waals surface area contributed by atoms with E-state index in [1.54, 1.807) is 6.07 Å². The van der Waals surface area contributed by atoms with E-state index >= 15 is 0 Å². The molecule has 0 aliphatic rings. The molecule has 2 nitrogen and oxygen atoms in total. The highest BCUT2D eigenvalue weighted by atomic mass is 35.5. The van der Waals surface area contributed by atoms with E-state index in [1.165, 1.54) is 0 Å². The van der Waals surface area contributed by atoms with Gasteiger partial charge in [-0.1, -0.05) is 42.6 Å². The van der Waals surface area contributed by atoms with E-state index in [9.17, 15) is 0 Å². The Morgan fingerprint density at radius 3 is 2.56 bits per heavy atom. The minimum Gasteiger partial charge on any atom is -0.379 e. The summed E-state index contributed by atoms with van der Waals surface area (Å²) in [6.07, 6.45) is 4.23. The third-order valence-electron chi connectivity index (χ3n) is 2.39. The van der Waals surface area contributed by atoms with Crippen LogP contribution in [0.25, 0.3) is 0 Å². The maximum atomic E-state index is 5.91. The van der Waals surface area contributed by atoms with Gasteiger partial charge in [0, 0.05) is 13.0 Å². The molecule has 18 heavy (non-hydrogen) atoms. The Balaban J connectivity index is 2.05. The Morgan fingerprint density at radius 1 is 1.06 bits per heavy atom. The van der Waals surface area contributed by atoms with Crippen LogP contribution in [0.1, 0.15) is 25.3 Å². The summed E-state index contributed by atoms with van der Waals surface area (Å²) in [5, 5.41) is 1.13. The quantitative estimate of drug-likeness (QED) is 0.628. The zero-order valence-electron chi connectivity index (χ0n) is 10.6. The van der Waals surface area contributed by atoms with Gasteiger partial charge in [-0.15, -0.1) is 0 Å². The summed E-state index contributed by atoms with van der Waals surface area (Å²) in [7, 11) is 0. The second kappa shape index (κ2) is 9.62. The molecule has 1 rings (SSSR count). The van der Waals surface area contributed by atoms with Crippen molar-refractivity contribution >= 4 is 23.2 Å². The van der Waals surface area contributed by atoms with E-state index in [0.29, 0.717) is 29.9 Å². The molecular weight excluding hydrogens is 271 g/mol. The molecule has 4 heteroatoms. The van der Waals surface area contributed by atoms with Gasteiger partial charge in [-0.3, -0.25) is 0 Å². The monoisotopic (exact) mass is 289 g/mol. The van der Waals surface area contributed by atoms with Crippen LogP contribution >= 0.6 is 23.2 Å². The molecule has 0 N–H and O–H groups in total. The van der Waals surface area contributed by atoms with Crippen LogP contribution in [0.15, 0.2) is 18.2 Å². The van der Waals surface area contributed by atoms with Crippen molar-refractivity contribution in [3.8, 4) is 0 Å². The molecule has 0 amide bonds. The summed E-state index contributed by atoms with van der Waals surface area (Å²) >= 11 is 11.7. The molecular formula is C14H19Cl2O2. The number of hydrogen-bond acceptors (Lipinski definition) is 2. The number of hydrogen-bond donors (Lipinski definition) is 0. The molecule has 0 aromatic heterocycles. The first-order valence-electron chi connectivity index (χ1n) is 6.17. The van der Waals surface area contributed by atoms with Gasteiger partial charge >= 0.3 is 0 Å². The lowest BCUT2D eigenvalue weighted by atomic mass is 10.2. The van der Waals surface area contributed by atoms with Crippen LogP contribution < -0.4 is 0 Å². The Labute approximate surface area is 119 Å². The average molecular weight is 290 g/mol. The van der Waals surface area contributed by atoms with Crippen LogP contribution in [0.4, 0.5) is 0 Å². The van der Waals surface area contributed by atoms with Gasteiger partial charge in [-0.05, 0) is 24.1 Å². The van der Waals surface area contributed by atoms with Crippen molar-refractivity contribution in [3.63, 3.8) is 0 Å². The molecule has 0 saturated carbocycles. The highest BCUT2D eigenvalue weighted by molar-refractivity contribution is 6.42. The molecule has 101 valence electrons. The normalized spacial score (nSPS) is 10.8. The van der Waals surface area contributed by atoms with Gasteiger partial charge in [0.15, 0.2) is 0 Å². The molecule has 0 fully saturated rings. The fourth-order valence-electron chi connectivity index (χ4n) is 1.34. The van der Waals surface area contributed by atoms with Crippen LogP contribution in [0.5, 0.6) is 0 Å². The van der Waals surface area contributed by atoms with Gasteiger partial charge in [0.25, 0.3) is 0 Å². The Morgan fingerprint density at radius 2 is 1.83 bits per heavy atom. The predicted octanol–water partition coefficient (Wildman–Crippen LogP) is 4.38. The Kier molecular flexibility index (Phi) is 8.44. The van der Waals surface area contributed by atoms with Gasteiger partial charge in [0.05, 0.1) is 29.9 Å². The molecule has 0 atom stereocenters.